The van der Waals surface area contributed by atoms with E-state index in [2.05, 4.69) is 10.3 Å². The van der Waals surface area contributed by atoms with Gasteiger partial charge in [0.05, 0.1) is 12.7 Å². The lowest BCUT2D eigenvalue weighted by molar-refractivity contribution is -0.138. The Labute approximate surface area is 148 Å². The zero-order valence-corrected chi connectivity index (χ0v) is 14.8. The van der Waals surface area contributed by atoms with Crippen LogP contribution in [0.25, 0.3) is 0 Å². The van der Waals surface area contributed by atoms with Crippen molar-refractivity contribution in [3.8, 4) is 5.75 Å². The molecule has 1 aromatic rings. The van der Waals surface area contributed by atoms with Crippen LogP contribution in [0.3, 0.4) is 0 Å². The van der Waals surface area contributed by atoms with E-state index in [1.54, 1.807) is 24.3 Å². The highest BCUT2D eigenvalue weighted by atomic mass is 16.5. The summed E-state index contributed by atoms with van der Waals surface area (Å²) < 4.78 is 5.92. The molecule has 0 bridgehead atoms. The Bertz CT molecular complexity index is 587. The van der Waals surface area contributed by atoms with E-state index in [9.17, 15) is 9.59 Å². The summed E-state index contributed by atoms with van der Waals surface area (Å²) in [7, 11) is 1.61. The zero-order valence-electron chi connectivity index (χ0n) is 14.8. The van der Waals surface area contributed by atoms with E-state index >= 15 is 0 Å². The summed E-state index contributed by atoms with van der Waals surface area (Å²) in [5.74, 6) is 1.29. The van der Waals surface area contributed by atoms with Crippen LogP contribution in [0, 0.1) is 5.92 Å². The topological polar surface area (TPSA) is 71.5 Å². The third-order valence-electron chi connectivity index (χ3n) is 5.31. The van der Waals surface area contributed by atoms with Crippen LogP contribution in [-0.2, 0) is 9.59 Å². The molecule has 136 valence electrons. The van der Waals surface area contributed by atoms with Gasteiger partial charge in [0.2, 0.25) is 11.8 Å². The van der Waals surface area contributed by atoms with E-state index in [1.807, 2.05) is 12.1 Å². The third-order valence-corrected chi connectivity index (χ3v) is 5.31. The number of aromatic nitrogens is 1. The van der Waals surface area contributed by atoms with Gasteiger partial charge in [-0.1, -0.05) is 25.7 Å². The van der Waals surface area contributed by atoms with Gasteiger partial charge >= 0.3 is 0 Å². The van der Waals surface area contributed by atoms with E-state index in [1.165, 1.54) is 25.7 Å². The molecule has 6 heteroatoms. The fourth-order valence-electron chi connectivity index (χ4n) is 3.95. The number of carbonyl (C=O) groups excluding carboxylic acids is 2. The van der Waals surface area contributed by atoms with Crippen molar-refractivity contribution >= 4 is 11.8 Å². The maximum Gasteiger partial charge on any atom is 0.242 e. The minimum absolute atomic E-state index is 0.0674. The molecule has 1 aliphatic heterocycles. The number of likely N-dealkylation sites (tertiary alicyclic amines) is 1. The second-order valence-electron chi connectivity index (χ2n) is 7.03. The second kappa shape index (κ2) is 8.32. The number of amides is 2. The molecular weight excluding hydrogens is 318 g/mol. The van der Waals surface area contributed by atoms with Crippen molar-refractivity contribution in [2.45, 2.75) is 57.1 Å². The highest BCUT2D eigenvalue weighted by Gasteiger charge is 2.40. The first-order valence-electron chi connectivity index (χ1n) is 9.25. The van der Waals surface area contributed by atoms with E-state index in [-0.39, 0.29) is 17.9 Å². The molecule has 1 saturated heterocycles. The summed E-state index contributed by atoms with van der Waals surface area (Å²) >= 11 is 0. The van der Waals surface area contributed by atoms with Crippen LogP contribution in [-0.4, -0.2) is 47.4 Å². The number of hydrogen-bond acceptors (Lipinski definition) is 4. The first kappa shape index (κ1) is 17.7. The largest absolute Gasteiger partial charge is 0.487 e. The normalized spacial score (nSPS) is 23.6. The molecule has 1 aliphatic carbocycles. The monoisotopic (exact) mass is 345 g/mol. The van der Waals surface area contributed by atoms with Gasteiger partial charge in [0.15, 0.2) is 0 Å². The van der Waals surface area contributed by atoms with Crippen molar-refractivity contribution in [1.29, 1.82) is 0 Å². The van der Waals surface area contributed by atoms with Crippen LogP contribution in [0.1, 0.15) is 44.9 Å². The van der Waals surface area contributed by atoms with Crippen molar-refractivity contribution in [2.75, 3.05) is 13.6 Å². The summed E-state index contributed by atoms with van der Waals surface area (Å²) in [6.07, 6.45) is 10.2. The van der Waals surface area contributed by atoms with Crippen LogP contribution >= 0.6 is 0 Å². The second-order valence-corrected chi connectivity index (χ2v) is 7.03. The molecule has 0 unspecified atom stereocenters. The van der Waals surface area contributed by atoms with Crippen LogP contribution in [0.5, 0.6) is 5.75 Å². The first-order chi connectivity index (χ1) is 12.2. The van der Waals surface area contributed by atoms with Crippen molar-refractivity contribution in [3.05, 3.63) is 24.5 Å². The Morgan fingerprint density at radius 1 is 1.36 bits per heavy atom. The van der Waals surface area contributed by atoms with Crippen LogP contribution in [0.4, 0.5) is 0 Å². The quantitative estimate of drug-likeness (QED) is 0.857. The fraction of sp³-hybridized carbons (Fsp3) is 0.632. The van der Waals surface area contributed by atoms with Gasteiger partial charge in [-0.2, -0.15) is 0 Å². The Kier molecular flexibility index (Phi) is 5.89. The van der Waals surface area contributed by atoms with Crippen molar-refractivity contribution in [2.24, 2.45) is 5.92 Å². The van der Waals surface area contributed by atoms with Crippen LogP contribution < -0.4 is 10.1 Å². The van der Waals surface area contributed by atoms with Gasteiger partial charge in [0.1, 0.15) is 17.9 Å². The number of hydrogen-bond donors (Lipinski definition) is 1. The van der Waals surface area contributed by atoms with Gasteiger partial charge in [0, 0.05) is 26.1 Å². The molecule has 1 saturated carbocycles. The van der Waals surface area contributed by atoms with Crippen molar-refractivity contribution in [1.82, 2.24) is 15.2 Å². The molecule has 6 nitrogen and oxygen atoms in total. The molecule has 0 spiro atoms. The molecule has 3 rings (SSSR count). The Balaban J connectivity index is 1.60. The summed E-state index contributed by atoms with van der Waals surface area (Å²) in [6, 6.07) is 3.21. The van der Waals surface area contributed by atoms with E-state index in [0.29, 0.717) is 31.1 Å². The molecular formula is C19H27N3O3. The van der Waals surface area contributed by atoms with Gasteiger partial charge in [-0.15, -0.1) is 0 Å². The maximum absolute atomic E-state index is 12.7. The first-order valence-corrected chi connectivity index (χ1v) is 9.25. The molecule has 2 amide bonds. The SMILES string of the molecule is CNC(=O)[C@@H]1C[C@H](Oc2cccnc2)CN1C(=O)CCC1CCCC1. The Morgan fingerprint density at radius 3 is 2.84 bits per heavy atom. The summed E-state index contributed by atoms with van der Waals surface area (Å²) in [6.45, 7) is 0.455. The highest BCUT2D eigenvalue weighted by molar-refractivity contribution is 5.88. The molecule has 2 atom stereocenters. The van der Waals surface area contributed by atoms with Crippen LogP contribution in [0.2, 0.25) is 0 Å². The minimum Gasteiger partial charge on any atom is -0.487 e. The number of ether oxygens (including phenoxy) is 1. The average Bonchev–Trinajstić information content (AvgIpc) is 3.29. The van der Waals surface area contributed by atoms with Gasteiger partial charge in [-0.05, 0) is 24.5 Å². The highest BCUT2D eigenvalue weighted by Crippen LogP contribution is 2.30. The lowest BCUT2D eigenvalue weighted by Gasteiger charge is -2.23. The molecule has 0 radical (unpaired) electrons. The summed E-state index contributed by atoms with van der Waals surface area (Å²) in [5.41, 5.74) is 0. The number of nitrogens with zero attached hydrogens (tertiary/aromatic N) is 2. The lowest BCUT2D eigenvalue weighted by atomic mass is 10.0. The summed E-state index contributed by atoms with van der Waals surface area (Å²) in [4.78, 5) is 30.7. The zero-order chi connectivity index (χ0) is 17.6. The van der Waals surface area contributed by atoms with Gasteiger partial charge in [-0.25, -0.2) is 0 Å². The van der Waals surface area contributed by atoms with Gasteiger partial charge in [-0.3, -0.25) is 14.6 Å². The number of likely N-dealkylation sites (N-methyl/N-ethyl adjacent to an activating group) is 1. The Morgan fingerprint density at radius 2 is 2.16 bits per heavy atom. The van der Waals surface area contributed by atoms with Gasteiger partial charge in [0.25, 0.3) is 0 Å². The van der Waals surface area contributed by atoms with Gasteiger partial charge < -0.3 is 15.0 Å². The summed E-state index contributed by atoms with van der Waals surface area (Å²) in [5, 5.41) is 2.67. The fourth-order valence-corrected chi connectivity index (χ4v) is 3.95. The Hall–Kier alpha value is -2.11. The number of carbonyl (C=O) groups is 2. The number of rotatable bonds is 6. The standard InChI is InChI=1S/C19H27N3O3/c1-20-19(24)17-11-16(25-15-7-4-10-21-12-15)13-22(17)18(23)9-8-14-5-2-3-6-14/h4,7,10,12,14,16-17H,2-3,5-6,8-9,11,13H2,1H3,(H,20,24)/t16-,17-/m0/s1. The average molecular weight is 345 g/mol. The lowest BCUT2D eigenvalue weighted by Crippen LogP contribution is -2.45. The third kappa shape index (κ3) is 4.50. The molecule has 2 heterocycles. The maximum atomic E-state index is 12.7. The van der Waals surface area contributed by atoms with Crippen LogP contribution in [0.15, 0.2) is 24.5 Å². The molecule has 0 aromatic carbocycles. The molecule has 2 fully saturated rings. The van der Waals surface area contributed by atoms with E-state index in [0.717, 1.165) is 6.42 Å². The number of nitrogens with one attached hydrogen (secondary N) is 1. The predicted octanol–water partition coefficient (Wildman–Crippen LogP) is 2.15. The molecule has 2 aliphatic rings. The molecule has 25 heavy (non-hydrogen) atoms. The van der Waals surface area contributed by atoms with E-state index in [4.69, 9.17) is 4.74 Å². The minimum atomic E-state index is -0.442. The number of pyridine rings is 1. The predicted molar refractivity (Wildman–Crippen MR) is 94.0 cm³/mol. The smallest absolute Gasteiger partial charge is 0.242 e. The van der Waals surface area contributed by atoms with E-state index < -0.39 is 6.04 Å². The van der Waals surface area contributed by atoms with Crippen molar-refractivity contribution in [3.63, 3.8) is 0 Å². The van der Waals surface area contributed by atoms with Crippen molar-refractivity contribution < 1.29 is 14.3 Å². The molecule has 1 N–H and O–H groups in total. The molecule has 1 aromatic heterocycles.